The second-order valence-electron chi connectivity index (χ2n) is 11.0. The fourth-order valence-electron chi connectivity index (χ4n) is 5.57. The summed E-state index contributed by atoms with van der Waals surface area (Å²) in [6.07, 6.45) is 10.7. The van der Waals surface area contributed by atoms with Crippen LogP contribution in [0.4, 0.5) is 5.69 Å². The zero-order chi connectivity index (χ0) is 29.4. The largest absolute Gasteiger partial charge is 0.330 e. The lowest BCUT2D eigenvalue weighted by Crippen LogP contribution is -2.37. The molecule has 0 radical (unpaired) electrons. The van der Waals surface area contributed by atoms with Crippen molar-refractivity contribution in [2.75, 3.05) is 25.0 Å². The number of ketones is 1. The number of nitrogens with two attached hydrogens (primary N) is 1. The maximum absolute atomic E-state index is 13.3. The van der Waals surface area contributed by atoms with Gasteiger partial charge in [0.2, 0.25) is 15.9 Å². The van der Waals surface area contributed by atoms with E-state index in [4.69, 9.17) is 5.73 Å². The van der Waals surface area contributed by atoms with Crippen LogP contribution in [0.2, 0.25) is 0 Å². The molecule has 2 aromatic heterocycles. The minimum atomic E-state index is -3.65. The number of anilines is 1. The molecule has 0 aliphatic carbocycles. The number of hydrogen-bond donors (Lipinski definition) is 2. The van der Waals surface area contributed by atoms with E-state index >= 15 is 0 Å². The maximum atomic E-state index is 13.3. The van der Waals surface area contributed by atoms with Gasteiger partial charge in [0.1, 0.15) is 0 Å². The summed E-state index contributed by atoms with van der Waals surface area (Å²) in [7, 11) is -3.65. The number of pyridine rings is 1. The first kappa shape index (κ1) is 30.9. The summed E-state index contributed by atoms with van der Waals surface area (Å²) in [5.74, 6) is 0.254. The summed E-state index contributed by atoms with van der Waals surface area (Å²) in [5.41, 5.74) is 8.65. The summed E-state index contributed by atoms with van der Waals surface area (Å²) in [6, 6.07) is 10.4. The third-order valence-electron chi connectivity index (χ3n) is 8.14. The third-order valence-corrected chi connectivity index (χ3v) is 10.1. The van der Waals surface area contributed by atoms with Gasteiger partial charge in [0.05, 0.1) is 22.2 Å². The number of carbonyl (C=O) groups is 2. The summed E-state index contributed by atoms with van der Waals surface area (Å²) in [4.78, 5) is 25.6. The molecule has 1 aliphatic heterocycles. The van der Waals surface area contributed by atoms with Crippen molar-refractivity contribution in [3.63, 3.8) is 0 Å². The highest BCUT2D eigenvalue weighted by molar-refractivity contribution is 7.89. The van der Waals surface area contributed by atoms with Crippen molar-refractivity contribution in [2.45, 2.75) is 82.4 Å². The Morgan fingerprint density at radius 3 is 2.46 bits per heavy atom. The van der Waals surface area contributed by atoms with Crippen LogP contribution in [0.25, 0.3) is 5.52 Å². The van der Waals surface area contributed by atoms with E-state index in [0.29, 0.717) is 50.1 Å². The first-order chi connectivity index (χ1) is 19.8. The zero-order valence-electron chi connectivity index (χ0n) is 24.2. The molecule has 9 nitrogen and oxygen atoms in total. The highest BCUT2D eigenvalue weighted by Gasteiger charge is 2.30. The highest BCUT2D eigenvalue weighted by atomic mass is 32.2. The van der Waals surface area contributed by atoms with Crippen LogP contribution in [-0.2, 0) is 14.8 Å². The molecule has 3 aromatic rings. The van der Waals surface area contributed by atoms with Crippen molar-refractivity contribution in [3.8, 4) is 0 Å². The van der Waals surface area contributed by atoms with Gasteiger partial charge in [0, 0.05) is 37.3 Å². The Morgan fingerprint density at radius 1 is 1.07 bits per heavy atom. The van der Waals surface area contributed by atoms with Gasteiger partial charge in [0.25, 0.3) is 0 Å². The first-order valence-electron chi connectivity index (χ1n) is 14.9. The van der Waals surface area contributed by atoms with E-state index in [2.05, 4.69) is 30.3 Å². The molecule has 0 saturated carbocycles. The fraction of sp³-hybridized carbons (Fsp3) is 0.516. The van der Waals surface area contributed by atoms with E-state index in [1.165, 1.54) is 4.31 Å². The summed E-state index contributed by atoms with van der Waals surface area (Å²) >= 11 is 0. The number of aromatic nitrogens is 2. The number of carbonyl (C=O) groups excluding carboxylic acids is 2. The maximum Gasteiger partial charge on any atom is 0.243 e. The normalized spacial score (nSPS) is 15.7. The van der Waals surface area contributed by atoms with E-state index < -0.39 is 10.0 Å². The lowest BCUT2D eigenvalue weighted by Gasteiger charge is -2.31. The van der Waals surface area contributed by atoms with Crippen molar-refractivity contribution in [1.82, 2.24) is 13.9 Å². The van der Waals surface area contributed by atoms with E-state index in [-0.39, 0.29) is 28.4 Å². The molecule has 4 rings (SSSR count). The van der Waals surface area contributed by atoms with Crippen LogP contribution in [0.5, 0.6) is 0 Å². The van der Waals surface area contributed by atoms with Gasteiger partial charge >= 0.3 is 0 Å². The molecule has 3 N–H and O–H groups in total. The number of rotatable bonds is 14. The number of unbranched alkanes of at least 4 members (excludes halogenated alkanes) is 2. The van der Waals surface area contributed by atoms with Crippen molar-refractivity contribution in [2.24, 2.45) is 11.7 Å². The molecule has 0 bridgehead atoms. The number of piperidine rings is 1. The van der Waals surface area contributed by atoms with Crippen LogP contribution >= 0.6 is 0 Å². The van der Waals surface area contributed by atoms with Gasteiger partial charge in [-0.3, -0.25) is 9.59 Å². The first-order valence-corrected chi connectivity index (χ1v) is 16.3. The Kier molecular flexibility index (Phi) is 10.7. The standard InChI is InChI=1S/C31H43N5O4S/c1-3-5-8-23(4-2)31(38)28-22-33-36-20-16-25(21-29(28)36)24-14-18-35(19-15-24)41(39,40)27-12-10-26(11-13-27)34-30(37)9-6-7-17-32/h10-13,16,20-24H,3-9,14-15,17-19,32H2,1-2H3,(H,34,37). The molecule has 222 valence electrons. The van der Waals surface area contributed by atoms with E-state index in [9.17, 15) is 18.0 Å². The average Bonchev–Trinajstić information content (AvgIpc) is 3.41. The van der Waals surface area contributed by atoms with E-state index in [1.807, 2.05) is 12.3 Å². The quantitative estimate of drug-likeness (QED) is 0.195. The number of sulfonamides is 1. The number of fused-ring (bicyclic) bond motifs is 1. The van der Waals surface area contributed by atoms with Gasteiger partial charge in [-0.2, -0.15) is 9.40 Å². The molecular formula is C31H43N5O4S. The monoisotopic (exact) mass is 581 g/mol. The van der Waals surface area contributed by atoms with Crippen LogP contribution in [-0.4, -0.2) is 53.7 Å². The Hall–Kier alpha value is -3.08. The topological polar surface area (TPSA) is 127 Å². The molecule has 1 aromatic carbocycles. The SMILES string of the molecule is CCCCC(CC)C(=O)c1cnn2ccc(C3CCN(S(=O)(=O)c4ccc(NC(=O)CCCCN)cc4)CC3)cc12. The van der Waals surface area contributed by atoms with E-state index in [0.717, 1.165) is 49.6 Å². The summed E-state index contributed by atoms with van der Waals surface area (Å²) < 4.78 is 30.0. The lowest BCUT2D eigenvalue weighted by molar-refractivity contribution is -0.116. The van der Waals surface area contributed by atoms with Gasteiger partial charge in [-0.25, -0.2) is 12.9 Å². The van der Waals surface area contributed by atoms with Gasteiger partial charge in [-0.1, -0.05) is 26.7 Å². The number of hydrogen-bond acceptors (Lipinski definition) is 6. The molecule has 0 spiro atoms. The smallest absolute Gasteiger partial charge is 0.243 e. The van der Waals surface area contributed by atoms with Crippen molar-refractivity contribution in [1.29, 1.82) is 0 Å². The van der Waals surface area contributed by atoms with Crippen LogP contribution in [0.1, 0.15) is 93.5 Å². The second-order valence-corrected chi connectivity index (χ2v) is 12.9. The molecule has 3 heterocycles. The average molecular weight is 582 g/mol. The lowest BCUT2D eigenvalue weighted by atomic mass is 9.89. The predicted molar refractivity (Wildman–Crippen MR) is 162 cm³/mol. The second kappa shape index (κ2) is 14.2. The van der Waals surface area contributed by atoms with Crippen LogP contribution in [0.15, 0.2) is 53.7 Å². The molecule has 1 atom stereocenters. The fourth-order valence-corrected chi connectivity index (χ4v) is 7.04. The molecule has 10 heteroatoms. The number of nitrogens with one attached hydrogen (secondary N) is 1. The Labute approximate surface area is 243 Å². The number of benzene rings is 1. The molecule has 1 saturated heterocycles. The third kappa shape index (κ3) is 7.42. The molecular weight excluding hydrogens is 538 g/mol. The molecule has 1 fully saturated rings. The van der Waals surface area contributed by atoms with Crippen LogP contribution in [0, 0.1) is 5.92 Å². The van der Waals surface area contributed by atoms with Gasteiger partial charge < -0.3 is 11.1 Å². The molecule has 1 unspecified atom stereocenters. The van der Waals surface area contributed by atoms with Crippen molar-refractivity contribution in [3.05, 3.63) is 59.9 Å². The zero-order valence-corrected chi connectivity index (χ0v) is 25.0. The molecule has 41 heavy (non-hydrogen) atoms. The molecule has 1 aliphatic rings. The Morgan fingerprint density at radius 2 is 1.80 bits per heavy atom. The number of nitrogens with zero attached hydrogens (tertiary/aromatic N) is 3. The highest BCUT2D eigenvalue weighted by Crippen LogP contribution is 2.32. The minimum absolute atomic E-state index is 0.00622. The van der Waals surface area contributed by atoms with Gasteiger partial charge in [-0.15, -0.1) is 0 Å². The Bertz CT molecular complexity index is 1430. The van der Waals surface area contributed by atoms with E-state index in [1.54, 1.807) is 35.0 Å². The summed E-state index contributed by atoms with van der Waals surface area (Å²) in [5, 5.41) is 7.23. The van der Waals surface area contributed by atoms with Crippen molar-refractivity contribution >= 4 is 32.9 Å². The van der Waals surface area contributed by atoms with Crippen LogP contribution in [0.3, 0.4) is 0 Å². The minimum Gasteiger partial charge on any atom is -0.330 e. The molecule has 1 amide bonds. The van der Waals surface area contributed by atoms with Crippen molar-refractivity contribution < 1.29 is 18.0 Å². The summed E-state index contributed by atoms with van der Waals surface area (Å²) in [6.45, 7) is 5.59. The van der Waals surface area contributed by atoms with Gasteiger partial charge in [0.15, 0.2) is 5.78 Å². The predicted octanol–water partition coefficient (Wildman–Crippen LogP) is 5.37. The number of Topliss-reactive ketones (excluding diaryl/α,β-unsaturated/α-hetero) is 1. The Balaban J connectivity index is 1.40. The van der Waals surface area contributed by atoms with Gasteiger partial charge in [-0.05, 0) is 92.9 Å². The van der Waals surface area contributed by atoms with Crippen LogP contribution < -0.4 is 11.1 Å². The number of amides is 1.